The number of anilines is 1. The molecule has 182 valence electrons. The molecule has 3 saturated carbocycles. The Labute approximate surface area is 201 Å². The molecule has 5 fully saturated rings. The average molecular weight is 479 g/mol. The molecule has 0 aromatic carbocycles. The molecular weight excluding hydrogens is 451 g/mol. The number of ether oxygens (including phenoxy) is 2. The van der Waals surface area contributed by atoms with Gasteiger partial charge in [0.2, 0.25) is 0 Å². The standard InChI is InChI=1S/C26H27FN4O4/c1-25-12-26(13-25,14-34-25)21-11-30-10-16(20(9-22(30)29-21)35-15-4-2-5-15)23(32)28-18-6-3-7-31(24(18)33)19-8-17(19)27/h3,6-7,9-11,15,17,19H,2,4-5,8,12-14H2,1H3,(H,28,32)/t17-,19+,25?,26?/m1/s1. The molecule has 8 rings (SSSR count). The average Bonchev–Trinajstić information content (AvgIpc) is 3.10. The van der Waals surface area contributed by atoms with Gasteiger partial charge in [-0.05, 0) is 51.2 Å². The Balaban J connectivity index is 1.23. The molecule has 1 amide bonds. The number of hydrogen-bond acceptors (Lipinski definition) is 5. The lowest BCUT2D eigenvalue weighted by atomic mass is 9.62. The van der Waals surface area contributed by atoms with Crippen molar-refractivity contribution < 1.29 is 18.7 Å². The number of halogens is 1. The van der Waals surface area contributed by atoms with E-state index in [9.17, 15) is 14.0 Å². The van der Waals surface area contributed by atoms with E-state index in [1.165, 1.54) is 4.57 Å². The molecule has 9 heteroatoms. The van der Waals surface area contributed by atoms with Gasteiger partial charge in [-0.2, -0.15) is 0 Å². The molecule has 5 aliphatic rings. The number of carbonyl (C=O) groups is 1. The first kappa shape index (κ1) is 21.1. The second-order valence-electron chi connectivity index (χ2n) is 10.9. The molecule has 8 nitrogen and oxygen atoms in total. The highest BCUT2D eigenvalue weighted by Crippen LogP contribution is 2.58. The van der Waals surface area contributed by atoms with Gasteiger partial charge in [-0.3, -0.25) is 9.59 Å². The predicted octanol–water partition coefficient (Wildman–Crippen LogP) is 3.78. The molecule has 35 heavy (non-hydrogen) atoms. The van der Waals surface area contributed by atoms with E-state index in [1.807, 2.05) is 16.7 Å². The fraction of sp³-hybridized carbons (Fsp3) is 0.500. The van der Waals surface area contributed by atoms with Gasteiger partial charge in [0.1, 0.15) is 23.3 Å². The normalized spacial score (nSPS) is 31.1. The molecule has 1 N–H and O–H groups in total. The van der Waals surface area contributed by atoms with Gasteiger partial charge in [0, 0.05) is 36.5 Å². The maximum absolute atomic E-state index is 13.5. The number of alkyl halides is 1. The molecule has 3 aliphatic carbocycles. The summed E-state index contributed by atoms with van der Waals surface area (Å²) < 4.78 is 28.9. The molecule has 5 heterocycles. The van der Waals surface area contributed by atoms with Crippen molar-refractivity contribution in [2.45, 2.75) is 74.8 Å². The van der Waals surface area contributed by atoms with Crippen molar-refractivity contribution in [2.24, 2.45) is 0 Å². The molecule has 0 radical (unpaired) electrons. The lowest BCUT2D eigenvalue weighted by Crippen LogP contribution is -2.45. The molecule has 3 aromatic heterocycles. The summed E-state index contributed by atoms with van der Waals surface area (Å²) in [4.78, 5) is 31.1. The first-order valence-corrected chi connectivity index (χ1v) is 12.3. The molecule has 2 saturated heterocycles. The van der Waals surface area contributed by atoms with Gasteiger partial charge in [-0.15, -0.1) is 0 Å². The van der Waals surface area contributed by atoms with Crippen molar-refractivity contribution in [2.75, 3.05) is 11.9 Å². The van der Waals surface area contributed by atoms with Gasteiger partial charge in [0.25, 0.3) is 11.5 Å². The van der Waals surface area contributed by atoms with Crippen LogP contribution in [0.5, 0.6) is 5.75 Å². The first-order valence-electron chi connectivity index (χ1n) is 12.3. The Kier molecular flexibility index (Phi) is 4.32. The van der Waals surface area contributed by atoms with Crippen molar-refractivity contribution in [3.8, 4) is 5.75 Å². The van der Waals surface area contributed by atoms with Crippen LogP contribution in [0.15, 0.2) is 41.6 Å². The van der Waals surface area contributed by atoms with E-state index in [-0.39, 0.29) is 22.8 Å². The number of amides is 1. The lowest BCUT2D eigenvalue weighted by Gasteiger charge is -2.41. The molecular formula is C26H27FN4O4. The Morgan fingerprint density at radius 2 is 2.11 bits per heavy atom. The van der Waals surface area contributed by atoms with Crippen LogP contribution in [-0.2, 0) is 10.2 Å². The lowest BCUT2D eigenvalue weighted by molar-refractivity contribution is 0.0154. The predicted molar refractivity (Wildman–Crippen MR) is 126 cm³/mol. The van der Waals surface area contributed by atoms with E-state index in [0.29, 0.717) is 30.0 Å². The zero-order chi connectivity index (χ0) is 23.9. The molecule has 0 spiro atoms. The minimum Gasteiger partial charge on any atom is -0.489 e. The number of nitrogens with one attached hydrogen (secondary N) is 1. The molecule has 3 aromatic rings. The van der Waals surface area contributed by atoms with Crippen LogP contribution in [-0.4, -0.2) is 44.3 Å². The summed E-state index contributed by atoms with van der Waals surface area (Å²) in [6, 6.07) is 4.54. The van der Waals surface area contributed by atoms with Gasteiger partial charge in [0.05, 0.1) is 35.6 Å². The summed E-state index contributed by atoms with van der Waals surface area (Å²) in [6.07, 6.45) is 9.51. The third-order valence-electron chi connectivity index (χ3n) is 8.07. The Morgan fingerprint density at radius 3 is 2.77 bits per heavy atom. The quantitative estimate of drug-likeness (QED) is 0.583. The van der Waals surface area contributed by atoms with E-state index >= 15 is 0 Å². The van der Waals surface area contributed by atoms with Crippen molar-refractivity contribution in [1.29, 1.82) is 0 Å². The van der Waals surface area contributed by atoms with Crippen LogP contribution in [0.25, 0.3) is 5.65 Å². The van der Waals surface area contributed by atoms with Gasteiger partial charge in [-0.25, -0.2) is 9.37 Å². The van der Waals surface area contributed by atoms with Crippen molar-refractivity contribution in [3.05, 3.63) is 58.4 Å². The fourth-order valence-electron chi connectivity index (χ4n) is 5.85. The number of hydrogen-bond donors (Lipinski definition) is 1. The number of carbonyl (C=O) groups excluding carboxylic acids is 1. The van der Waals surface area contributed by atoms with E-state index in [0.717, 1.165) is 37.8 Å². The van der Waals surface area contributed by atoms with Gasteiger partial charge in [-0.1, -0.05) is 0 Å². The van der Waals surface area contributed by atoms with Gasteiger partial charge < -0.3 is 23.8 Å². The van der Waals surface area contributed by atoms with Crippen LogP contribution in [0.4, 0.5) is 10.1 Å². The van der Waals surface area contributed by atoms with Crippen LogP contribution in [0.3, 0.4) is 0 Å². The summed E-state index contributed by atoms with van der Waals surface area (Å²) >= 11 is 0. The zero-order valence-corrected chi connectivity index (χ0v) is 19.5. The van der Waals surface area contributed by atoms with Crippen LogP contribution in [0, 0.1) is 0 Å². The van der Waals surface area contributed by atoms with Crippen LogP contribution >= 0.6 is 0 Å². The van der Waals surface area contributed by atoms with Crippen molar-refractivity contribution >= 4 is 17.2 Å². The van der Waals surface area contributed by atoms with Gasteiger partial charge >= 0.3 is 0 Å². The highest BCUT2D eigenvalue weighted by molar-refractivity contribution is 6.06. The van der Waals surface area contributed by atoms with E-state index < -0.39 is 23.7 Å². The maximum Gasteiger partial charge on any atom is 0.274 e. The van der Waals surface area contributed by atoms with Crippen molar-refractivity contribution in [1.82, 2.24) is 14.0 Å². The second-order valence-corrected chi connectivity index (χ2v) is 10.9. The van der Waals surface area contributed by atoms with Crippen LogP contribution in [0.1, 0.15) is 67.5 Å². The topological polar surface area (TPSA) is 86.9 Å². The number of rotatable bonds is 6. The highest BCUT2D eigenvalue weighted by Gasteiger charge is 2.61. The van der Waals surface area contributed by atoms with E-state index in [1.54, 1.807) is 24.5 Å². The Hall–Kier alpha value is -3.20. The SMILES string of the molecule is CC12CC(c3cn4cc(C(=O)Nc5cccn([C@H]6C[C@H]6F)c5=O)c(OC5CCC5)cc4n3)(CO1)C2. The molecule has 2 aliphatic heterocycles. The number of imidazole rings is 1. The molecule has 2 bridgehead atoms. The molecule has 0 unspecified atom stereocenters. The zero-order valence-electron chi connectivity index (χ0n) is 19.5. The van der Waals surface area contributed by atoms with Crippen LogP contribution in [0.2, 0.25) is 0 Å². The minimum absolute atomic E-state index is 0.0510. The highest BCUT2D eigenvalue weighted by atomic mass is 19.1. The minimum atomic E-state index is -1.02. The third-order valence-corrected chi connectivity index (χ3v) is 8.07. The second kappa shape index (κ2) is 7.16. The van der Waals surface area contributed by atoms with E-state index in [2.05, 4.69) is 12.2 Å². The fourth-order valence-corrected chi connectivity index (χ4v) is 5.85. The maximum atomic E-state index is 13.5. The number of aromatic nitrogens is 3. The summed E-state index contributed by atoms with van der Waals surface area (Å²) in [7, 11) is 0. The van der Waals surface area contributed by atoms with Gasteiger partial charge in [0.15, 0.2) is 0 Å². The number of nitrogens with zero attached hydrogens (tertiary/aromatic N) is 3. The number of fused-ring (bicyclic) bond motifs is 2. The monoisotopic (exact) mass is 478 g/mol. The van der Waals surface area contributed by atoms with Crippen molar-refractivity contribution in [3.63, 3.8) is 0 Å². The smallest absolute Gasteiger partial charge is 0.274 e. The van der Waals surface area contributed by atoms with Crippen LogP contribution < -0.4 is 15.6 Å². The molecule has 2 atom stereocenters. The summed E-state index contributed by atoms with van der Waals surface area (Å²) in [6.45, 7) is 2.79. The largest absolute Gasteiger partial charge is 0.489 e. The van der Waals surface area contributed by atoms with E-state index in [4.69, 9.17) is 14.5 Å². The summed E-state index contributed by atoms with van der Waals surface area (Å²) in [5.41, 5.74) is 1.60. The third kappa shape index (κ3) is 3.31. The Morgan fingerprint density at radius 1 is 1.31 bits per heavy atom. The summed E-state index contributed by atoms with van der Waals surface area (Å²) in [5.74, 6) is 0.00948. The summed E-state index contributed by atoms with van der Waals surface area (Å²) in [5, 5.41) is 2.73. The Bertz CT molecular complexity index is 1420. The first-order chi connectivity index (χ1) is 16.8. The number of pyridine rings is 2.